The van der Waals surface area contributed by atoms with E-state index in [-0.39, 0.29) is 11.9 Å². The van der Waals surface area contributed by atoms with Crippen molar-refractivity contribution in [2.24, 2.45) is 0 Å². The number of carbonyl (C=O) groups is 1. The van der Waals surface area contributed by atoms with Crippen LogP contribution in [0.5, 0.6) is 0 Å². The quantitative estimate of drug-likeness (QED) is 0.623. The predicted octanol–water partition coefficient (Wildman–Crippen LogP) is 4.34. The number of rotatable bonds is 7. The molecule has 0 N–H and O–H groups in total. The average Bonchev–Trinajstić information content (AvgIpc) is 3.11. The molecule has 26 heavy (non-hydrogen) atoms. The molecule has 1 aromatic heterocycles. The molecule has 0 aliphatic heterocycles. The first-order chi connectivity index (χ1) is 12.6. The molecule has 0 aliphatic carbocycles. The molecule has 1 heterocycles. The van der Waals surface area contributed by atoms with Gasteiger partial charge in [-0.1, -0.05) is 49.4 Å². The van der Waals surface area contributed by atoms with E-state index in [9.17, 15) is 4.79 Å². The van der Waals surface area contributed by atoms with Crippen LogP contribution in [0.2, 0.25) is 0 Å². The van der Waals surface area contributed by atoms with Crippen molar-refractivity contribution < 1.29 is 4.79 Å². The molecular formula is C21H25N3OS. The van der Waals surface area contributed by atoms with E-state index < -0.39 is 0 Å². The Morgan fingerprint density at radius 1 is 1.12 bits per heavy atom. The van der Waals surface area contributed by atoms with Gasteiger partial charge in [0.05, 0.1) is 22.8 Å². The number of nitrogens with zero attached hydrogens (tertiary/aromatic N) is 3. The fourth-order valence-corrected chi connectivity index (χ4v) is 3.94. The number of benzene rings is 2. The fourth-order valence-electron chi connectivity index (χ4n) is 2.87. The second-order valence-corrected chi connectivity index (χ2v) is 7.55. The Balaban J connectivity index is 1.65. The Labute approximate surface area is 159 Å². The SMILES string of the molecule is CCN(CC(=O)N(C)[C@H](C)c1nc2ccccc2s1)Cc1ccccc1. The third-order valence-electron chi connectivity index (χ3n) is 4.70. The first kappa shape index (κ1) is 18.5. The summed E-state index contributed by atoms with van der Waals surface area (Å²) >= 11 is 1.66. The Morgan fingerprint density at radius 2 is 1.81 bits per heavy atom. The first-order valence-electron chi connectivity index (χ1n) is 8.96. The number of hydrogen-bond donors (Lipinski definition) is 0. The number of aromatic nitrogens is 1. The van der Waals surface area contributed by atoms with Crippen molar-refractivity contribution in [2.75, 3.05) is 20.1 Å². The lowest BCUT2D eigenvalue weighted by Crippen LogP contribution is -2.39. The van der Waals surface area contributed by atoms with Gasteiger partial charge in [-0.3, -0.25) is 9.69 Å². The number of thiazole rings is 1. The number of amides is 1. The van der Waals surface area contributed by atoms with E-state index in [1.165, 1.54) is 5.56 Å². The van der Waals surface area contributed by atoms with Crippen molar-refractivity contribution >= 4 is 27.5 Å². The normalized spacial score (nSPS) is 12.5. The molecule has 3 rings (SSSR count). The highest BCUT2D eigenvalue weighted by atomic mass is 32.1. The van der Waals surface area contributed by atoms with Crippen molar-refractivity contribution in [2.45, 2.75) is 26.4 Å². The van der Waals surface area contributed by atoms with Crippen molar-refractivity contribution in [1.29, 1.82) is 0 Å². The molecule has 5 heteroatoms. The minimum atomic E-state index is -0.0321. The molecule has 0 unspecified atom stereocenters. The molecule has 2 aromatic carbocycles. The van der Waals surface area contributed by atoms with E-state index >= 15 is 0 Å². The van der Waals surface area contributed by atoms with Gasteiger partial charge in [-0.05, 0) is 31.2 Å². The molecule has 0 bridgehead atoms. The lowest BCUT2D eigenvalue weighted by Gasteiger charge is -2.27. The molecule has 0 spiro atoms. The number of fused-ring (bicyclic) bond motifs is 1. The number of likely N-dealkylation sites (N-methyl/N-ethyl adjacent to an activating group) is 2. The predicted molar refractivity (Wildman–Crippen MR) is 108 cm³/mol. The molecular weight excluding hydrogens is 342 g/mol. The van der Waals surface area contributed by atoms with E-state index in [0.29, 0.717) is 6.54 Å². The summed E-state index contributed by atoms with van der Waals surface area (Å²) in [5.41, 5.74) is 2.23. The van der Waals surface area contributed by atoms with Crippen molar-refractivity contribution in [3.8, 4) is 0 Å². The van der Waals surface area contributed by atoms with Gasteiger partial charge in [0.15, 0.2) is 0 Å². The minimum absolute atomic E-state index is 0.0321. The number of para-hydroxylation sites is 1. The average molecular weight is 368 g/mol. The number of hydrogen-bond acceptors (Lipinski definition) is 4. The highest BCUT2D eigenvalue weighted by Gasteiger charge is 2.22. The van der Waals surface area contributed by atoms with E-state index in [1.807, 2.05) is 55.3 Å². The van der Waals surface area contributed by atoms with Gasteiger partial charge in [0.25, 0.3) is 0 Å². The third-order valence-corrected chi connectivity index (χ3v) is 5.90. The number of carbonyl (C=O) groups excluding carboxylic acids is 1. The van der Waals surface area contributed by atoms with Gasteiger partial charge in [-0.25, -0.2) is 4.98 Å². The molecule has 1 atom stereocenters. The molecule has 3 aromatic rings. The summed E-state index contributed by atoms with van der Waals surface area (Å²) in [5, 5.41) is 0.980. The van der Waals surface area contributed by atoms with Crippen LogP contribution in [0, 0.1) is 0 Å². The van der Waals surface area contributed by atoms with E-state index in [1.54, 1.807) is 11.3 Å². The van der Waals surface area contributed by atoms with Gasteiger partial charge in [-0.15, -0.1) is 11.3 Å². The van der Waals surface area contributed by atoms with Crippen LogP contribution in [-0.4, -0.2) is 40.8 Å². The summed E-state index contributed by atoms with van der Waals surface area (Å²) in [6, 6.07) is 18.3. The Morgan fingerprint density at radius 3 is 2.50 bits per heavy atom. The molecule has 0 saturated carbocycles. The molecule has 4 nitrogen and oxygen atoms in total. The van der Waals surface area contributed by atoms with Gasteiger partial charge in [0, 0.05) is 13.6 Å². The van der Waals surface area contributed by atoms with Crippen molar-refractivity contribution in [1.82, 2.24) is 14.8 Å². The minimum Gasteiger partial charge on any atom is -0.335 e. The largest absolute Gasteiger partial charge is 0.335 e. The molecule has 0 fully saturated rings. The lowest BCUT2D eigenvalue weighted by atomic mass is 10.2. The monoisotopic (exact) mass is 367 g/mol. The van der Waals surface area contributed by atoms with E-state index in [2.05, 4.69) is 30.0 Å². The second-order valence-electron chi connectivity index (χ2n) is 6.49. The summed E-state index contributed by atoms with van der Waals surface area (Å²) in [4.78, 5) is 21.5. The summed E-state index contributed by atoms with van der Waals surface area (Å²) in [5.74, 6) is 0.120. The van der Waals surface area contributed by atoms with Crippen LogP contribution in [0.3, 0.4) is 0 Å². The Hall–Kier alpha value is -2.24. The van der Waals surface area contributed by atoms with Crippen LogP contribution in [0.1, 0.15) is 30.5 Å². The summed E-state index contributed by atoms with van der Waals surface area (Å²) in [6.07, 6.45) is 0. The topological polar surface area (TPSA) is 36.4 Å². The highest BCUT2D eigenvalue weighted by molar-refractivity contribution is 7.18. The van der Waals surface area contributed by atoms with Crippen molar-refractivity contribution in [3.05, 3.63) is 65.2 Å². The smallest absolute Gasteiger partial charge is 0.237 e. The summed E-state index contributed by atoms with van der Waals surface area (Å²) < 4.78 is 1.16. The van der Waals surface area contributed by atoms with Gasteiger partial charge in [0.2, 0.25) is 5.91 Å². The zero-order valence-electron chi connectivity index (χ0n) is 15.6. The third kappa shape index (κ3) is 4.29. The summed E-state index contributed by atoms with van der Waals surface area (Å²) in [6.45, 7) is 6.17. The van der Waals surface area contributed by atoms with E-state index in [4.69, 9.17) is 4.98 Å². The van der Waals surface area contributed by atoms with Crippen molar-refractivity contribution in [3.63, 3.8) is 0 Å². The molecule has 136 valence electrons. The Kier molecular flexibility index (Phi) is 6.01. The maximum absolute atomic E-state index is 12.8. The zero-order chi connectivity index (χ0) is 18.5. The van der Waals surface area contributed by atoms with Gasteiger partial charge in [0.1, 0.15) is 5.01 Å². The van der Waals surface area contributed by atoms with Crippen LogP contribution >= 0.6 is 11.3 Å². The van der Waals surface area contributed by atoms with Crippen LogP contribution in [-0.2, 0) is 11.3 Å². The highest BCUT2D eigenvalue weighted by Crippen LogP contribution is 2.28. The second kappa shape index (κ2) is 8.43. The zero-order valence-corrected chi connectivity index (χ0v) is 16.4. The molecule has 0 radical (unpaired) electrons. The standard InChI is InChI=1S/C21H25N3OS/c1-4-24(14-17-10-6-5-7-11-17)15-20(25)23(3)16(2)21-22-18-12-8-9-13-19(18)26-21/h5-13,16H,4,14-15H2,1-3H3/t16-/m1/s1. The summed E-state index contributed by atoms with van der Waals surface area (Å²) in [7, 11) is 1.87. The van der Waals surface area contributed by atoms with Gasteiger partial charge >= 0.3 is 0 Å². The van der Waals surface area contributed by atoms with Crippen LogP contribution in [0.4, 0.5) is 0 Å². The molecule has 0 aliphatic rings. The van der Waals surface area contributed by atoms with Crippen LogP contribution in [0.15, 0.2) is 54.6 Å². The van der Waals surface area contributed by atoms with Gasteiger partial charge < -0.3 is 4.90 Å². The lowest BCUT2D eigenvalue weighted by molar-refractivity contribution is -0.133. The van der Waals surface area contributed by atoms with Gasteiger partial charge in [-0.2, -0.15) is 0 Å². The van der Waals surface area contributed by atoms with E-state index in [0.717, 1.165) is 28.3 Å². The molecule has 1 amide bonds. The first-order valence-corrected chi connectivity index (χ1v) is 9.77. The molecule has 0 saturated heterocycles. The van der Waals surface area contributed by atoms with Crippen LogP contribution < -0.4 is 0 Å². The maximum atomic E-state index is 12.8. The Bertz CT molecular complexity index is 829. The van der Waals surface area contributed by atoms with Crippen LogP contribution in [0.25, 0.3) is 10.2 Å². The fraction of sp³-hybridized carbons (Fsp3) is 0.333. The maximum Gasteiger partial charge on any atom is 0.237 e.